The van der Waals surface area contributed by atoms with Gasteiger partial charge in [0.25, 0.3) is 0 Å². The molecule has 0 spiro atoms. The van der Waals surface area contributed by atoms with Crippen molar-refractivity contribution in [2.75, 3.05) is 0 Å². The van der Waals surface area contributed by atoms with Crippen LogP contribution in [-0.2, 0) is 11.2 Å². The monoisotopic (exact) mass is 166 g/mol. The molecule has 0 bridgehead atoms. The maximum atomic E-state index is 6.00. The lowest BCUT2D eigenvalue weighted by Gasteiger charge is -2.02. The lowest BCUT2D eigenvalue weighted by Crippen LogP contribution is -1.89. The fourth-order valence-corrected chi connectivity index (χ4v) is 2.09. The van der Waals surface area contributed by atoms with Gasteiger partial charge in [-0.25, -0.2) is 0 Å². The van der Waals surface area contributed by atoms with E-state index in [1.165, 1.54) is 11.1 Å². The summed E-state index contributed by atoms with van der Waals surface area (Å²) < 4.78 is 5.38. The summed E-state index contributed by atoms with van der Waals surface area (Å²) in [7, 11) is 0. The van der Waals surface area contributed by atoms with E-state index in [2.05, 4.69) is 6.07 Å². The van der Waals surface area contributed by atoms with Crippen molar-refractivity contribution in [1.82, 2.24) is 0 Å². The van der Waals surface area contributed by atoms with Crippen molar-refractivity contribution >= 4 is 11.6 Å². The summed E-state index contributed by atoms with van der Waals surface area (Å²) in [5.41, 5.74) is 2.61. The standard InChI is InChI=1S/C9H7ClO/c10-7-3-1-2-5-6(7)4-8-9(5)11-8/h1-3,8-9H,4H2/t8-,9+/m0/s1. The molecule has 0 saturated carbocycles. The first-order valence-electron chi connectivity index (χ1n) is 3.79. The number of epoxide rings is 1. The molecule has 1 aliphatic carbocycles. The molecule has 1 aromatic rings. The summed E-state index contributed by atoms with van der Waals surface area (Å²) in [6.45, 7) is 0. The molecular weight excluding hydrogens is 160 g/mol. The predicted molar refractivity (Wildman–Crippen MR) is 42.8 cm³/mol. The van der Waals surface area contributed by atoms with Crippen LogP contribution in [0.3, 0.4) is 0 Å². The third-order valence-electron chi connectivity index (χ3n) is 2.45. The Hall–Kier alpha value is -0.530. The molecule has 1 saturated heterocycles. The average molecular weight is 167 g/mol. The molecule has 0 radical (unpaired) electrons. The predicted octanol–water partition coefficient (Wildman–Crippen LogP) is 2.34. The van der Waals surface area contributed by atoms with Crippen LogP contribution in [0.1, 0.15) is 17.2 Å². The molecule has 0 aromatic heterocycles. The maximum Gasteiger partial charge on any atom is 0.110 e. The molecule has 2 aliphatic rings. The maximum absolute atomic E-state index is 6.00. The molecule has 2 atom stereocenters. The minimum absolute atomic E-state index is 0.378. The van der Waals surface area contributed by atoms with E-state index in [9.17, 15) is 0 Å². The second-order valence-electron chi connectivity index (χ2n) is 3.11. The summed E-state index contributed by atoms with van der Waals surface area (Å²) in [6.07, 6.45) is 1.84. The lowest BCUT2D eigenvalue weighted by molar-refractivity contribution is 0.361. The molecule has 1 heterocycles. The highest BCUT2D eigenvalue weighted by atomic mass is 35.5. The molecule has 1 aliphatic heterocycles. The Bertz CT molecular complexity index is 321. The van der Waals surface area contributed by atoms with E-state index in [1.807, 2.05) is 12.1 Å². The summed E-state index contributed by atoms with van der Waals surface area (Å²) >= 11 is 6.00. The zero-order valence-electron chi connectivity index (χ0n) is 5.88. The van der Waals surface area contributed by atoms with Crippen molar-refractivity contribution < 1.29 is 4.74 Å². The zero-order chi connectivity index (χ0) is 7.42. The van der Waals surface area contributed by atoms with E-state index in [1.54, 1.807) is 0 Å². The van der Waals surface area contributed by atoms with E-state index in [0.29, 0.717) is 12.2 Å². The largest absolute Gasteiger partial charge is 0.364 e. The Morgan fingerprint density at radius 3 is 3.18 bits per heavy atom. The average Bonchev–Trinajstić information content (AvgIpc) is 2.67. The van der Waals surface area contributed by atoms with Crippen molar-refractivity contribution in [3.63, 3.8) is 0 Å². The summed E-state index contributed by atoms with van der Waals surface area (Å²) in [5, 5.41) is 0.901. The van der Waals surface area contributed by atoms with Gasteiger partial charge in [-0.15, -0.1) is 0 Å². The summed E-state index contributed by atoms with van der Waals surface area (Å²) in [6, 6.07) is 6.05. The van der Waals surface area contributed by atoms with E-state index in [-0.39, 0.29) is 0 Å². The molecule has 1 aromatic carbocycles. The first-order valence-corrected chi connectivity index (χ1v) is 4.17. The molecule has 0 amide bonds. The van der Waals surface area contributed by atoms with Gasteiger partial charge < -0.3 is 4.74 Å². The van der Waals surface area contributed by atoms with E-state index >= 15 is 0 Å². The van der Waals surface area contributed by atoms with Gasteiger partial charge in [0.05, 0.1) is 6.10 Å². The second-order valence-corrected chi connectivity index (χ2v) is 3.51. The number of halogens is 1. The number of rotatable bonds is 0. The molecule has 11 heavy (non-hydrogen) atoms. The fraction of sp³-hybridized carbons (Fsp3) is 0.333. The van der Waals surface area contributed by atoms with Crippen LogP contribution in [0.4, 0.5) is 0 Å². The number of hydrogen-bond acceptors (Lipinski definition) is 1. The van der Waals surface area contributed by atoms with Gasteiger partial charge in [0.2, 0.25) is 0 Å². The zero-order valence-corrected chi connectivity index (χ0v) is 6.64. The van der Waals surface area contributed by atoms with Crippen molar-refractivity contribution in [2.45, 2.75) is 18.6 Å². The van der Waals surface area contributed by atoms with Crippen LogP contribution in [0.2, 0.25) is 5.02 Å². The first-order chi connectivity index (χ1) is 5.36. The Labute approximate surface area is 69.9 Å². The van der Waals surface area contributed by atoms with Crippen LogP contribution in [0, 0.1) is 0 Å². The van der Waals surface area contributed by atoms with E-state index in [0.717, 1.165) is 11.4 Å². The molecule has 56 valence electrons. The third kappa shape index (κ3) is 0.700. The molecule has 0 N–H and O–H groups in total. The van der Waals surface area contributed by atoms with Crippen LogP contribution in [0.5, 0.6) is 0 Å². The van der Waals surface area contributed by atoms with Gasteiger partial charge in [0.15, 0.2) is 0 Å². The minimum Gasteiger partial charge on any atom is -0.364 e. The van der Waals surface area contributed by atoms with Gasteiger partial charge in [-0.05, 0) is 17.2 Å². The van der Waals surface area contributed by atoms with Gasteiger partial charge in [0, 0.05) is 11.4 Å². The van der Waals surface area contributed by atoms with Gasteiger partial charge in [-0.2, -0.15) is 0 Å². The molecule has 1 fully saturated rings. The topological polar surface area (TPSA) is 12.5 Å². The van der Waals surface area contributed by atoms with Crippen LogP contribution in [0.15, 0.2) is 18.2 Å². The van der Waals surface area contributed by atoms with Gasteiger partial charge in [-0.1, -0.05) is 23.7 Å². The van der Waals surface area contributed by atoms with Gasteiger partial charge in [0.1, 0.15) is 6.10 Å². The van der Waals surface area contributed by atoms with Crippen molar-refractivity contribution in [2.24, 2.45) is 0 Å². The number of benzene rings is 1. The number of hydrogen-bond donors (Lipinski definition) is 0. The lowest BCUT2D eigenvalue weighted by atomic mass is 10.1. The van der Waals surface area contributed by atoms with Crippen LogP contribution in [-0.4, -0.2) is 6.10 Å². The highest BCUT2D eigenvalue weighted by molar-refractivity contribution is 6.31. The first kappa shape index (κ1) is 6.04. The molecule has 1 nitrogen and oxygen atoms in total. The van der Waals surface area contributed by atoms with E-state index < -0.39 is 0 Å². The van der Waals surface area contributed by atoms with Crippen LogP contribution >= 0.6 is 11.6 Å². The number of ether oxygens (including phenoxy) is 1. The normalized spacial score (nSPS) is 31.4. The minimum atomic E-state index is 0.378. The fourth-order valence-electron chi connectivity index (χ4n) is 1.83. The molecule has 3 rings (SSSR count). The SMILES string of the molecule is Clc1cccc2c1C[C@@H]1O[C@H]21. The Morgan fingerprint density at radius 1 is 1.45 bits per heavy atom. The van der Waals surface area contributed by atoms with Crippen molar-refractivity contribution in [1.29, 1.82) is 0 Å². The third-order valence-corrected chi connectivity index (χ3v) is 2.80. The van der Waals surface area contributed by atoms with Crippen molar-refractivity contribution in [3.05, 3.63) is 34.3 Å². The molecule has 2 heteroatoms. The molecule has 0 unspecified atom stereocenters. The highest BCUT2D eigenvalue weighted by Gasteiger charge is 2.47. The van der Waals surface area contributed by atoms with Gasteiger partial charge in [-0.3, -0.25) is 0 Å². The Kier molecular flexibility index (Phi) is 0.984. The highest BCUT2D eigenvalue weighted by Crippen LogP contribution is 2.50. The summed E-state index contributed by atoms with van der Waals surface area (Å²) in [5.74, 6) is 0. The smallest absolute Gasteiger partial charge is 0.110 e. The Balaban J connectivity index is 2.24. The second kappa shape index (κ2) is 1.79. The molecular formula is C9H7ClO. The Morgan fingerprint density at radius 2 is 2.36 bits per heavy atom. The van der Waals surface area contributed by atoms with Crippen LogP contribution in [0.25, 0.3) is 0 Å². The quantitative estimate of drug-likeness (QED) is 0.539. The summed E-state index contributed by atoms with van der Waals surface area (Å²) in [4.78, 5) is 0. The number of fused-ring (bicyclic) bond motifs is 3. The van der Waals surface area contributed by atoms with Gasteiger partial charge >= 0.3 is 0 Å². The van der Waals surface area contributed by atoms with Crippen molar-refractivity contribution in [3.8, 4) is 0 Å². The van der Waals surface area contributed by atoms with Crippen LogP contribution < -0.4 is 0 Å². The van der Waals surface area contributed by atoms with E-state index in [4.69, 9.17) is 16.3 Å².